The van der Waals surface area contributed by atoms with Crippen LogP contribution in [0.3, 0.4) is 0 Å². The van der Waals surface area contributed by atoms with Crippen LogP contribution in [0, 0.1) is 0 Å². The fraction of sp³-hybridized carbons (Fsp3) is 0.764. The van der Waals surface area contributed by atoms with Crippen molar-refractivity contribution in [2.24, 2.45) is 0 Å². The van der Waals surface area contributed by atoms with Gasteiger partial charge in [-0.05, 0) is 83.5 Å². The fourth-order valence-corrected chi connectivity index (χ4v) is 8.82. The molecule has 0 heterocycles. The lowest BCUT2D eigenvalue weighted by molar-refractivity contribution is -0.220. The molecular formula is C55H97O12P. The molecule has 68 heavy (non-hydrogen) atoms. The molecule has 1 aliphatic carbocycles. The standard InChI is InChI=1S/C55H97O12P/c1-3-5-7-9-11-13-15-17-19-21-23-24-25-27-29-31-33-35-37-39-41-43-45-64-46-48(47-65-68(62,63)67-55-53(60)51(58)50(57)52(59)54(55)61)66-49(56)44-42-40-38-36-34-32-30-28-26-22-20-18-16-14-12-10-8-6-4-2/h6,8,12,14,18,20-21,23,26,28,32,34,48,50-55,57-61H,3-5,7,9-11,13,15-17,19,22,24-25,27,29-31,33,35-47H2,1-2H3,(H,62,63)/b8-6-,14-12-,20-18-,23-21-,28-26-,34-32-. The van der Waals surface area contributed by atoms with Crippen LogP contribution in [0.15, 0.2) is 72.9 Å². The Kier molecular flexibility index (Phi) is 41.9. The lowest BCUT2D eigenvalue weighted by Crippen LogP contribution is -2.64. The van der Waals surface area contributed by atoms with E-state index in [1.54, 1.807) is 0 Å². The van der Waals surface area contributed by atoms with Gasteiger partial charge in [-0.3, -0.25) is 13.8 Å². The summed E-state index contributed by atoms with van der Waals surface area (Å²) in [6.45, 7) is 4.12. The number of hydrogen-bond acceptors (Lipinski definition) is 11. The number of allylic oxidation sites excluding steroid dienone is 12. The van der Waals surface area contributed by atoms with Gasteiger partial charge in [-0.1, -0.05) is 189 Å². The van der Waals surface area contributed by atoms with Crippen molar-refractivity contribution >= 4 is 13.8 Å². The molecular weight excluding hydrogens is 884 g/mol. The lowest BCUT2D eigenvalue weighted by atomic mass is 9.85. The van der Waals surface area contributed by atoms with Crippen molar-refractivity contribution in [3.8, 4) is 0 Å². The summed E-state index contributed by atoms with van der Waals surface area (Å²) in [6, 6.07) is 0. The highest BCUT2D eigenvalue weighted by atomic mass is 31.2. The topological polar surface area (TPSA) is 192 Å². The second-order valence-electron chi connectivity index (χ2n) is 18.3. The van der Waals surface area contributed by atoms with Gasteiger partial charge in [-0.15, -0.1) is 0 Å². The molecule has 13 heteroatoms. The average Bonchev–Trinajstić information content (AvgIpc) is 3.32. The summed E-state index contributed by atoms with van der Waals surface area (Å²) >= 11 is 0. The number of unbranched alkanes of at least 4 members (excludes halogenated alkanes) is 21. The molecule has 0 aromatic rings. The quantitative estimate of drug-likeness (QED) is 0.0147. The minimum Gasteiger partial charge on any atom is -0.457 e. The molecule has 0 saturated heterocycles. The summed E-state index contributed by atoms with van der Waals surface area (Å²) in [5, 5.41) is 50.3. The van der Waals surface area contributed by atoms with Crippen molar-refractivity contribution < 1.29 is 58.3 Å². The largest absolute Gasteiger partial charge is 0.472 e. The van der Waals surface area contributed by atoms with Crippen LogP contribution >= 0.6 is 7.82 Å². The summed E-state index contributed by atoms with van der Waals surface area (Å²) in [6.07, 6.45) is 46.8. The zero-order valence-corrected chi connectivity index (χ0v) is 43.3. The first-order chi connectivity index (χ1) is 33.0. The third kappa shape index (κ3) is 35.8. The van der Waals surface area contributed by atoms with E-state index in [9.17, 15) is 39.8 Å². The second kappa shape index (κ2) is 44.7. The summed E-state index contributed by atoms with van der Waals surface area (Å²) in [7, 11) is -5.04. The number of ether oxygens (including phenoxy) is 2. The molecule has 0 radical (unpaired) electrons. The highest BCUT2D eigenvalue weighted by molar-refractivity contribution is 7.47. The van der Waals surface area contributed by atoms with Crippen LogP contribution in [0.4, 0.5) is 0 Å². The summed E-state index contributed by atoms with van der Waals surface area (Å²) in [5.41, 5.74) is 0. The Morgan fingerprint density at radius 3 is 1.34 bits per heavy atom. The predicted octanol–water partition coefficient (Wildman–Crippen LogP) is 12.3. The summed E-state index contributed by atoms with van der Waals surface area (Å²) < 4.78 is 34.3. The molecule has 394 valence electrons. The van der Waals surface area contributed by atoms with Gasteiger partial charge in [0.2, 0.25) is 0 Å². The van der Waals surface area contributed by atoms with Crippen molar-refractivity contribution in [3.63, 3.8) is 0 Å². The molecule has 6 N–H and O–H groups in total. The molecule has 6 unspecified atom stereocenters. The van der Waals surface area contributed by atoms with Crippen LogP contribution in [0.1, 0.15) is 206 Å². The maximum absolute atomic E-state index is 12.9. The Morgan fingerprint density at radius 2 is 0.868 bits per heavy atom. The highest BCUT2D eigenvalue weighted by Gasteiger charge is 2.51. The van der Waals surface area contributed by atoms with Crippen LogP contribution in [0.2, 0.25) is 0 Å². The number of aliphatic hydroxyl groups excluding tert-OH is 5. The number of hydrogen-bond donors (Lipinski definition) is 6. The number of carbonyl (C=O) groups excluding carboxylic acids is 1. The first-order valence-corrected chi connectivity index (χ1v) is 28.3. The van der Waals surface area contributed by atoms with Gasteiger partial charge in [-0.25, -0.2) is 4.57 Å². The first-order valence-electron chi connectivity index (χ1n) is 26.8. The van der Waals surface area contributed by atoms with Crippen LogP contribution in [0.5, 0.6) is 0 Å². The third-order valence-electron chi connectivity index (χ3n) is 12.1. The van der Waals surface area contributed by atoms with Gasteiger partial charge < -0.3 is 39.9 Å². The molecule has 0 spiro atoms. The maximum Gasteiger partial charge on any atom is 0.472 e. The van der Waals surface area contributed by atoms with E-state index in [2.05, 4.69) is 86.8 Å². The molecule has 1 rings (SSSR count). The Balaban J connectivity index is 2.35. The first kappa shape index (κ1) is 63.8. The van der Waals surface area contributed by atoms with Crippen molar-refractivity contribution in [1.82, 2.24) is 0 Å². The van der Waals surface area contributed by atoms with E-state index in [-0.39, 0.29) is 13.0 Å². The van der Waals surface area contributed by atoms with Gasteiger partial charge in [0.05, 0.1) is 13.2 Å². The summed E-state index contributed by atoms with van der Waals surface area (Å²) in [4.78, 5) is 23.3. The number of phosphoric ester groups is 1. The maximum atomic E-state index is 12.9. The molecule has 1 saturated carbocycles. The van der Waals surface area contributed by atoms with Crippen molar-refractivity contribution in [1.29, 1.82) is 0 Å². The Bertz CT molecular complexity index is 1400. The highest BCUT2D eigenvalue weighted by Crippen LogP contribution is 2.47. The minimum atomic E-state index is -5.04. The number of rotatable bonds is 45. The van der Waals surface area contributed by atoms with E-state index < -0.39 is 63.1 Å². The molecule has 6 atom stereocenters. The molecule has 12 nitrogen and oxygen atoms in total. The van der Waals surface area contributed by atoms with Gasteiger partial charge >= 0.3 is 13.8 Å². The molecule has 0 amide bonds. The third-order valence-corrected chi connectivity index (χ3v) is 13.0. The minimum absolute atomic E-state index is 0.0941. The molecule has 1 aliphatic rings. The fourth-order valence-electron chi connectivity index (χ4n) is 7.85. The van der Waals surface area contributed by atoms with E-state index in [0.717, 1.165) is 70.6 Å². The van der Waals surface area contributed by atoms with E-state index >= 15 is 0 Å². The second-order valence-corrected chi connectivity index (χ2v) is 19.7. The van der Waals surface area contributed by atoms with E-state index in [1.165, 1.54) is 109 Å². The number of carbonyl (C=O) groups is 1. The van der Waals surface area contributed by atoms with Crippen LogP contribution < -0.4 is 0 Å². The Labute approximate surface area is 412 Å². The van der Waals surface area contributed by atoms with E-state index in [1.807, 2.05) is 0 Å². The lowest BCUT2D eigenvalue weighted by Gasteiger charge is -2.41. The SMILES string of the molecule is CC/C=C\C/C=C\C/C=C\C/C=C\C/C=C\CCCCCC(=O)OC(COCCCCCCCCCCCC/C=C\CCCCCCCCCC)COP(=O)(O)OC1C(O)C(O)C(O)C(O)C1O. The molecule has 0 aromatic heterocycles. The molecule has 0 bridgehead atoms. The van der Waals surface area contributed by atoms with Gasteiger partial charge in [0, 0.05) is 13.0 Å². The smallest absolute Gasteiger partial charge is 0.457 e. The Morgan fingerprint density at radius 1 is 0.485 bits per heavy atom. The van der Waals surface area contributed by atoms with E-state index in [0.29, 0.717) is 13.0 Å². The average molecular weight is 981 g/mol. The summed E-state index contributed by atoms with van der Waals surface area (Å²) in [5.74, 6) is -0.509. The number of esters is 1. The number of phosphoric acid groups is 1. The predicted molar refractivity (Wildman–Crippen MR) is 276 cm³/mol. The van der Waals surface area contributed by atoms with Crippen LogP contribution in [-0.4, -0.2) is 98.9 Å². The molecule has 0 aliphatic heterocycles. The molecule has 1 fully saturated rings. The molecule has 0 aromatic carbocycles. The van der Waals surface area contributed by atoms with Gasteiger partial charge in [-0.2, -0.15) is 0 Å². The number of aliphatic hydroxyl groups is 5. The van der Waals surface area contributed by atoms with Crippen molar-refractivity contribution in [2.45, 2.75) is 249 Å². The van der Waals surface area contributed by atoms with E-state index in [4.69, 9.17) is 18.5 Å². The van der Waals surface area contributed by atoms with Gasteiger partial charge in [0.1, 0.15) is 42.7 Å². The zero-order valence-electron chi connectivity index (χ0n) is 42.4. The monoisotopic (exact) mass is 981 g/mol. The van der Waals surface area contributed by atoms with Crippen molar-refractivity contribution in [2.75, 3.05) is 19.8 Å². The van der Waals surface area contributed by atoms with Crippen molar-refractivity contribution in [3.05, 3.63) is 72.9 Å². The normalized spacial score (nSPS) is 21.7. The zero-order chi connectivity index (χ0) is 49.8. The van der Waals surface area contributed by atoms with Gasteiger partial charge in [0.25, 0.3) is 0 Å². The van der Waals surface area contributed by atoms with Crippen LogP contribution in [0.25, 0.3) is 0 Å². The Hall–Kier alpha value is -2.22. The van der Waals surface area contributed by atoms with Crippen LogP contribution in [-0.2, 0) is 27.9 Å². The van der Waals surface area contributed by atoms with Gasteiger partial charge in [0.15, 0.2) is 0 Å².